The average Bonchev–Trinajstić information content (AvgIpc) is 4.14. The Balaban J connectivity index is 1.07. The van der Waals surface area contributed by atoms with E-state index in [9.17, 15) is 0 Å². The minimum atomic E-state index is -0.614. The van der Waals surface area contributed by atoms with Gasteiger partial charge < -0.3 is 8.83 Å². The van der Waals surface area contributed by atoms with Gasteiger partial charge in [-0.25, -0.2) is 4.98 Å². The Labute approximate surface area is 374 Å². The van der Waals surface area contributed by atoms with E-state index < -0.39 is 5.41 Å². The number of hydrogen-bond donors (Lipinski definition) is 0. The molecule has 0 N–H and O–H groups in total. The fourth-order valence-corrected chi connectivity index (χ4v) is 11.5. The summed E-state index contributed by atoms with van der Waals surface area (Å²) in [6.45, 7) is 8.80. The molecule has 0 radical (unpaired) electrons. The summed E-state index contributed by atoms with van der Waals surface area (Å²) in [5.74, 6) is 1.64. The molecule has 304 valence electrons. The number of furan rings is 2. The van der Waals surface area contributed by atoms with Crippen molar-refractivity contribution in [1.29, 1.82) is 0 Å². The Morgan fingerprint density at radius 1 is 0.462 bits per heavy atom. The number of allylic oxidation sites excluding steroid dienone is 4. The van der Waals surface area contributed by atoms with Crippen molar-refractivity contribution < 1.29 is 8.83 Å². The predicted molar refractivity (Wildman–Crippen MR) is 263 cm³/mol. The monoisotopic (exact) mass is 833 g/mol. The van der Waals surface area contributed by atoms with Crippen LogP contribution < -0.4 is 4.48 Å². The summed E-state index contributed by atoms with van der Waals surface area (Å²) in [5, 5.41) is 4.15. The van der Waals surface area contributed by atoms with Gasteiger partial charge in [-0.05, 0) is 87.0 Å². The smallest absolute Gasteiger partial charge is 0.343 e. The Bertz CT molecular complexity index is 3980. The molecule has 65 heavy (non-hydrogen) atoms. The van der Waals surface area contributed by atoms with Gasteiger partial charge in [-0.1, -0.05) is 141 Å². The van der Waals surface area contributed by atoms with Crippen molar-refractivity contribution in [2.45, 2.75) is 5.41 Å². The van der Waals surface area contributed by atoms with Gasteiger partial charge in [-0.3, -0.25) is 0 Å². The molecule has 8 aromatic carbocycles. The molecule has 1 aliphatic heterocycles. The average molecular weight is 834 g/mol. The van der Waals surface area contributed by atoms with Gasteiger partial charge in [0.25, 0.3) is 0 Å². The van der Waals surface area contributed by atoms with Crippen molar-refractivity contribution in [2.75, 3.05) is 7.05 Å². The molecule has 0 amide bonds. The van der Waals surface area contributed by atoms with E-state index in [2.05, 4.69) is 148 Å². The third kappa shape index (κ3) is 4.53. The maximum Gasteiger partial charge on any atom is 0.343 e. The van der Waals surface area contributed by atoms with E-state index >= 15 is 0 Å². The largest absolute Gasteiger partial charge is 0.456 e. The summed E-state index contributed by atoms with van der Waals surface area (Å²) >= 11 is 0. The van der Waals surface area contributed by atoms with Gasteiger partial charge in [-0.15, -0.1) is 0 Å². The SMILES string of the molecule is C=CC1=C(C=C)C2(c3ccccc31)c1ccccc1-c1cc3c(cc12)[N+](C)(c1nc(-c2ccc4c(c2)oc2ccccc24)nc(-c2cccc4c2oc2ccccc24)n1)c1ccccc1-3. The van der Waals surface area contributed by atoms with Gasteiger partial charge in [0.15, 0.2) is 23.0 Å². The summed E-state index contributed by atoms with van der Waals surface area (Å²) in [6.07, 6.45) is 4.04. The molecule has 3 aromatic heterocycles. The first-order chi connectivity index (χ1) is 32.0. The number of nitrogens with zero attached hydrogens (tertiary/aromatic N) is 4. The van der Waals surface area contributed by atoms with E-state index in [0.29, 0.717) is 17.6 Å². The summed E-state index contributed by atoms with van der Waals surface area (Å²) in [5.41, 5.74) is 18.1. The van der Waals surface area contributed by atoms with E-state index in [1.54, 1.807) is 0 Å². The molecule has 0 fully saturated rings. The zero-order valence-corrected chi connectivity index (χ0v) is 35.3. The Kier molecular flexibility index (Phi) is 7.12. The number of aromatic nitrogens is 3. The van der Waals surface area contributed by atoms with Gasteiger partial charge in [0.2, 0.25) is 0 Å². The zero-order chi connectivity index (χ0) is 43.2. The molecular formula is C59H37N4O2+. The zero-order valence-electron chi connectivity index (χ0n) is 35.3. The minimum Gasteiger partial charge on any atom is -0.456 e. The van der Waals surface area contributed by atoms with Crippen LogP contribution in [0.1, 0.15) is 22.3 Å². The molecule has 2 unspecified atom stereocenters. The van der Waals surface area contributed by atoms with Crippen molar-refractivity contribution in [1.82, 2.24) is 19.4 Å². The summed E-state index contributed by atoms with van der Waals surface area (Å²) in [6, 6.07) is 59.9. The summed E-state index contributed by atoms with van der Waals surface area (Å²) in [4.78, 5) is 16.4. The van der Waals surface area contributed by atoms with E-state index in [1.165, 1.54) is 33.4 Å². The standard InChI is InChI=1S/C59H37N4O2/c1-4-35-36-17-6-11-24-47(36)59(46(35)5-2)48-25-12-7-18-37(48)44-32-45-38-19-8-13-26-50(38)63(3,51(45)33-49(44)59)58-61-56(34-29-30-41-39-20-9-14-27-52(39)64-54(41)31-34)60-57(62-58)43-23-16-22-42-40-21-10-15-28-53(40)65-55(42)43/h4-33H,1-2H2,3H3/q+1. The molecule has 14 rings (SSSR count). The second-order valence-corrected chi connectivity index (χ2v) is 17.4. The van der Waals surface area contributed by atoms with E-state index in [4.69, 9.17) is 23.8 Å². The number of hydrogen-bond acceptors (Lipinski definition) is 5. The molecule has 0 saturated heterocycles. The second-order valence-electron chi connectivity index (χ2n) is 17.4. The first kappa shape index (κ1) is 36.1. The summed E-state index contributed by atoms with van der Waals surface area (Å²) < 4.78 is 13.3. The van der Waals surface area contributed by atoms with Gasteiger partial charge in [0.1, 0.15) is 22.3 Å². The van der Waals surface area contributed by atoms with Crippen molar-refractivity contribution in [2.24, 2.45) is 0 Å². The molecule has 11 aromatic rings. The number of benzene rings is 8. The lowest BCUT2D eigenvalue weighted by Crippen LogP contribution is -2.35. The van der Waals surface area contributed by atoms with Crippen LogP contribution >= 0.6 is 0 Å². The fraction of sp³-hybridized carbons (Fsp3) is 0.0339. The first-order valence-corrected chi connectivity index (χ1v) is 21.9. The molecule has 1 spiro atoms. The lowest BCUT2D eigenvalue weighted by Gasteiger charge is -2.33. The maximum absolute atomic E-state index is 6.64. The second kappa shape index (κ2) is 12.8. The van der Waals surface area contributed by atoms with Crippen LogP contribution in [0.15, 0.2) is 210 Å². The van der Waals surface area contributed by atoms with Crippen LogP contribution in [0, 0.1) is 0 Å². The van der Waals surface area contributed by atoms with Gasteiger partial charge in [-0.2, -0.15) is 14.5 Å². The van der Waals surface area contributed by atoms with Crippen LogP contribution in [0.5, 0.6) is 0 Å². The Morgan fingerprint density at radius 2 is 1.09 bits per heavy atom. The van der Waals surface area contributed by atoms with Crippen LogP contribution in [-0.4, -0.2) is 22.0 Å². The number of para-hydroxylation sites is 4. The molecule has 0 saturated carbocycles. The number of quaternary nitrogens is 1. The minimum absolute atomic E-state index is 0.194. The highest BCUT2D eigenvalue weighted by Gasteiger charge is 2.54. The number of rotatable bonds is 5. The van der Waals surface area contributed by atoms with E-state index in [1.807, 2.05) is 54.6 Å². The lowest BCUT2D eigenvalue weighted by molar-refractivity contribution is 0.598. The van der Waals surface area contributed by atoms with Crippen molar-refractivity contribution in [3.63, 3.8) is 0 Å². The fourth-order valence-electron chi connectivity index (χ4n) is 11.5. The van der Waals surface area contributed by atoms with Crippen LogP contribution in [0.2, 0.25) is 0 Å². The maximum atomic E-state index is 6.64. The van der Waals surface area contributed by atoms with Crippen molar-refractivity contribution in [3.8, 4) is 45.0 Å². The lowest BCUT2D eigenvalue weighted by atomic mass is 9.69. The third-order valence-electron chi connectivity index (χ3n) is 14.3. The molecular weight excluding hydrogens is 797 g/mol. The Morgan fingerprint density at radius 3 is 1.89 bits per heavy atom. The van der Waals surface area contributed by atoms with E-state index in [0.717, 1.165) is 88.7 Å². The van der Waals surface area contributed by atoms with Crippen molar-refractivity contribution >= 4 is 66.8 Å². The molecule has 0 bridgehead atoms. The van der Waals surface area contributed by atoms with Crippen LogP contribution in [0.3, 0.4) is 0 Å². The van der Waals surface area contributed by atoms with Crippen LogP contribution in [0.4, 0.5) is 17.3 Å². The highest BCUT2D eigenvalue weighted by atomic mass is 16.3. The first-order valence-electron chi connectivity index (χ1n) is 21.9. The van der Waals surface area contributed by atoms with Gasteiger partial charge in [0, 0.05) is 44.8 Å². The molecule has 6 heteroatoms. The molecule has 2 aliphatic carbocycles. The van der Waals surface area contributed by atoms with Gasteiger partial charge in [0.05, 0.1) is 23.6 Å². The molecule has 6 nitrogen and oxygen atoms in total. The highest BCUT2D eigenvalue weighted by Crippen LogP contribution is 2.66. The number of fused-ring (bicyclic) bond motifs is 16. The normalized spacial score (nSPS) is 17.8. The Hall–Kier alpha value is -8.45. The quantitative estimate of drug-likeness (QED) is 0.162. The molecule has 2 atom stereocenters. The van der Waals surface area contributed by atoms with Crippen LogP contribution in [-0.2, 0) is 5.41 Å². The third-order valence-corrected chi connectivity index (χ3v) is 14.3. The topological polar surface area (TPSA) is 65.0 Å². The van der Waals surface area contributed by atoms with Gasteiger partial charge >= 0.3 is 5.95 Å². The highest BCUT2D eigenvalue weighted by molar-refractivity contribution is 6.10. The van der Waals surface area contributed by atoms with Crippen LogP contribution in [0.25, 0.3) is 94.5 Å². The van der Waals surface area contributed by atoms with E-state index in [-0.39, 0.29) is 4.48 Å². The summed E-state index contributed by atoms with van der Waals surface area (Å²) in [7, 11) is 2.22. The molecule has 4 heterocycles. The predicted octanol–water partition coefficient (Wildman–Crippen LogP) is 15.0. The molecule has 3 aliphatic rings. The van der Waals surface area contributed by atoms with Crippen molar-refractivity contribution in [3.05, 3.63) is 223 Å².